The summed E-state index contributed by atoms with van der Waals surface area (Å²) in [5.41, 5.74) is 6.52. The number of anilines is 1. The monoisotopic (exact) mass is 371 g/mol. The number of rotatable bonds is 5. The quantitative estimate of drug-likeness (QED) is 0.617. The molecular formula is C18H28F3N5. The van der Waals surface area contributed by atoms with Gasteiger partial charge in [-0.25, -0.2) is 4.99 Å². The number of alkyl halides is 3. The van der Waals surface area contributed by atoms with E-state index in [-0.39, 0.29) is 12.5 Å². The van der Waals surface area contributed by atoms with Crippen LogP contribution in [0, 0.1) is 5.92 Å². The number of guanidine groups is 1. The summed E-state index contributed by atoms with van der Waals surface area (Å²) in [6.07, 6.45) is -4.37. The molecule has 0 radical (unpaired) electrons. The van der Waals surface area contributed by atoms with Crippen molar-refractivity contribution in [1.29, 1.82) is 0 Å². The molecule has 0 aromatic heterocycles. The number of aliphatic imine (C=N–C) groups is 1. The van der Waals surface area contributed by atoms with Gasteiger partial charge in [-0.1, -0.05) is 13.8 Å². The van der Waals surface area contributed by atoms with Crippen molar-refractivity contribution in [2.45, 2.75) is 26.6 Å². The highest BCUT2D eigenvalue weighted by Gasteiger charge is 2.31. The van der Waals surface area contributed by atoms with Crippen LogP contribution >= 0.6 is 0 Å². The number of nitrogens with zero attached hydrogens (tertiary/aromatic N) is 3. The van der Waals surface area contributed by atoms with Crippen molar-refractivity contribution in [3.63, 3.8) is 0 Å². The summed E-state index contributed by atoms with van der Waals surface area (Å²) in [6.45, 7) is 8.17. The maximum Gasteiger partial charge on any atom is 0.416 e. The minimum Gasteiger partial charge on any atom is -0.370 e. The predicted octanol–water partition coefficient (Wildman–Crippen LogP) is 2.52. The lowest BCUT2D eigenvalue weighted by Crippen LogP contribution is -2.44. The number of piperazine rings is 1. The van der Waals surface area contributed by atoms with Gasteiger partial charge in [0.15, 0.2) is 5.96 Å². The Balaban J connectivity index is 2.23. The Labute approximate surface area is 153 Å². The van der Waals surface area contributed by atoms with Crippen LogP contribution in [0.3, 0.4) is 0 Å². The number of hydrogen-bond donors (Lipinski definition) is 2. The maximum atomic E-state index is 13.1. The van der Waals surface area contributed by atoms with Crippen molar-refractivity contribution in [2.75, 3.05) is 44.7 Å². The minimum atomic E-state index is -4.37. The molecule has 1 fully saturated rings. The molecule has 1 heterocycles. The fourth-order valence-electron chi connectivity index (χ4n) is 2.78. The zero-order valence-corrected chi connectivity index (χ0v) is 15.6. The van der Waals surface area contributed by atoms with Crippen LogP contribution in [-0.2, 0) is 12.7 Å². The fraction of sp³-hybridized carbons (Fsp3) is 0.611. The summed E-state index contributed by atoms with van der Waals surface area (Å²) in [5.74, 6) is 0.652. The van der Waals surface area contributed by atoms with Gasteiger partial charge in [0.1, 0.15) is 0 Å². The molecule has 8 heteroatoms. The standard InChI is InChI=1S/C18H28F3N5/c1-13(2)11-23-17(22)24-12-14-10-15(18(19,20)21)4-5-16(14)26-8-6-25(3)7-9-26/h4-5,10,13H,6-9,11-12H2,1-3H3,(H3,22,23,24). The molecule has 1 aliphatic rings. The van der Waals surface area contributed by atoms with Crippen LogP contribution in [-0.4, -0.2) is 50.6 Å². The van der Waals surface area contributed by atoms with E-state index >= 15 is 0 Å². The first-order valence-corrected chi connectivity index (χ1v) is 8.84. The third kappa shape index (κ3) is 5.79. The Bertz CT molecular complexity index is 620. The van der Waals surface area contributed by atoms with Crippen molar-refractivity contribution in [2.24, 2.45) is 16.6 Å². The van der Waals surface area contributed by atoms with Gasteiger partial charge in [-0.2, -0.15) is 13.2 Å². The van der Waals surface area contributed by atoms with Gasteiger partial charge in [-0.05, 0) is 36.7 Å². The molecule has 0 unspecified atom stereocenters. The molecule has 0 amide bonds. The number of likely N-dealkylation sites (N-methyl/N-ethyl adjacent to an activating group) is 1. The van der Waals surface area contributed by atoms with Crippen LogP contribution in [0.5, 0.6) is 0 Å². The van der Waals surface area contributed by atoms with Gasteiger partial charge in [0.05, 0.1) is 12.1 Å². The number of nitrogens with two attached hydrogens (primary N) is 1. The smallest absolute Gasteiger partial charge is 0.370 e. The Hall–Kier alpha value is -1.96. The van der Waals surface area contributed by atoms with E-state index in [9.17, 15) is 13.2 Å². The highest BCUT2D eigenvalue weighted by Crippen LogP contribution is 2.33. The van der Waals surface area contributed by atoms with Crippen molar-refractivity contribution in [1.82, 2.24) is 10.2 Å². The van der Waals surface area contributed by atoms with Gasteiger partial charge in [0.2, 0.25) is 0 Å². The molecule has 0 spiro atoms. The zero-order chi connectivity index (χ0) is 19.3. The summed E-state index contributed by atoms with van der Waals surface area (Å²) < 4.78 is 39.3. The van der Waals surface area contributed by atoms with Crippen LogP contribution in [0.4, 0.5) is 18.9 Å². The van der Waals surface area contributed by atoms with E-state index in [4.69, 9.17) is 5.73 Å². The molecule has 1 aromatic rings. The van der Waals surface area contributed by atoms with Crippen LogP contribution in [0.2, 0.25) is 0 Å². The highest BCUT2D eigenvalue weighted by molar-refractivity contribution is 5.78. The molecule has 146 valence electrons. The van der Waals surface area contributed by atoms with E-state index < -0.39 is 11.7 Å². The fourth-order valence-corrected chi connectivity index (χ4v) is 2.78. The van der Waals surface area contributed by atoms with E-state index in [0.29, 0.717) is 18.0 Å². The second-order valence-corrected chi connectivity index (χ2v) is 7.11. The lowest BCUT2D eigenvalue weighted by atomic mass is 10.1. The number of hydrogen-bond acceptors (Lipinski definition) is 3. The van der Waals surface area contributed by atoms with Crippen LogP contribution in [0.15, 0.2) is 23.2 Å². The summed E-state index contributed by atoms with van der Waals surface area (Å²) in [4.78, 5) is 8.55. The molecule has 5 nitrogen and oxygen atoms in total. The van der Waals surface area contributed by atoms with E-state index in [1.165, 1.54) is 6.07 Å². The van der Waals surface area contributed by atoms with Gasteiger partial charge in [-0.15, -0.1) is 0 Å². The number of halogens is 3. The zero-order valence-electron chi connectivity index (χ0n) is 15.6. The summed E-state index contributed by atoms with van der Waals surface area (Å²) in [7, 11) is 2.04. The molecule has 26 heavy (non-hydrogen) atoms. The Morgan fingerprint density at radius 3 is 2.46 bits per heavy atom. The van der Waals surface area contributed by atoms with E-state index in [2.05, 4.69) is 20.1 Å². The molecule has 0 atom stereocenters. The first-order chi connectivity index (χ1) is 12.2. The second-order valence-electron chi connectivity index (χ2n) is 7.11. The molecule has 1 aromatic carbocycles. The van der Waals surface area contributed by atoms with Crippen molar-refractivity contribution in [3.8, 4) is 0 Å². The van der Waals surface area contributed by atoms with Crippen molar-refractivity contribution in [3.05, 3.63) is 29.3 Å². The Kier molecular flexibility index (Phi) is 6.75. The lowest BCUT2D eigenvalue weighted by molar-refractivity contribution is -0.137. The molecule has 0 saturated carbocycles. The average Bonchev–Trinajstić information content (AvgIpc) is 2.58. The Morgan fingerprint density at radius 1 is 1.23 bits per heavy atom. The van der Waals surface area contributed by atoms with Gasteiger partial charge < -0.3 is 20.9 Å². The van der Waals surface area contributed by atoms with Gasteiger partial charge in [0.25, 0.3) is 0 Å². The molecular weight excluding hydrogens is 343 g/mol. The third-order valence-electron chi connectivity index (χ3n) is 4.36. The molecule has 0 bridgehead atoms. The van der Waals surface area contributed by atoms with Gasteiger partial charge in [-0.3, -0.25) is 0 Å². The van der Waals surface area contributed by atoms with E-state index in [1.807, 2.05) is 20.9 Å². The molecule has 1 saturated heterocycles. The highest BCUT2D eigenvalue weighted by atomic mass is 19.4. The summed E-state index contributed by atoms with van der Waals surface area (Å²) in [5, 5.41) is 2.99. The van der Waals surface area contributed by atoms with Gasteiger partial charge >= 0.3 is 6.18 Å². The molecule has 2 rings (SSSR count). The van der Waals surface area contributed by atoms with Crippen LogP contribution in [0.25, 0.3) is 0 Å². The normalized spacial score (nSPS) is 17.0. The summed E-state index contributed by atoms with van der Waals surface area (Å²) in [6, 6.07) is 3.88. The predicted molar refractivity (Wildman–Crippen MR) is 99.3 cm³/mol. The average molecular weight is 371 g/mol. The molecule has 3 N–H and O–H groups in total. The van der Waals surface area contributed by atoms with Crippen molar-refractivity contribution >= 4 is 11.6 Å². The van der Waals surface area contributed by atoms with Crippen LogP contribution < -0.4 is 16.0 Å². The first kappa shape index (κ1) is 20.4. The first-order valence-electron chi connectivity index (χ1n) is 8.84. The van der Waals surface area contributed by atoms with Crippen molar-refractivity contribution < 1.29 is 13.2 Å². The Morgan fingerprint density at radius 2 is 1.88 bits per heavy atom. The molecule has 1 aliphatic heterocycles. The lowest BCUT2D eigenvalue weighted by Gasteiger charge is -2.35. The van der Waals surface area contributed by atoms with E-state index in [1.54, 1.807) is 6.07 Å². The topological polar surface area (TPSA) is 56.9 Å². The third-order valence-corrected chi connectivity index (χ3v) is 4.36. The SMILES string of the molecule is CC(C)CNC(N)=NCc1cc(C(F)(F)F)ccc1N1CCN(C)CC1. The second kappa shape index (κ2) is 8.62. The summed E-state index contributed by atoms with van der Waals surface area (Å²) >= 11 is 0. The largest absolute Gasteiger partial charge is 0.416 e. The van der Waals surface area contributed by atoms with Crippen LogP contribution in [0.1, 0.15) is 25.0 Å². The van der Waals surface area contributed by atoms with Gasteiger partial charge in [0, 0.05) is 38.4 Å². The number of nitrogens with one attached hydrogen (secondary N) is 1. The van der Waals surface area contributed by atoms with E-state index in [0.717, 1.165) is 37.9 Å². The molecule has 0 aliphatic carbocycles. The minimum absolute atomic E-state index is 0.114. The maximum absolute atomic E-state index is 13.1. The number of benzene rings is 1.